The van der Waals surface area contributed by atoms with E-state index in [1.165, 1.54) is 60.8 Å². The predicted molar refractivity (Wildman–Crippen MR) is 106 cm³/mol. The SMILES string of the molecule is COc1ccc(S(=O)(=O)n2cc3c(n2)CN(C(=O)[C@H](CO)c2ncccc2F)C3)cc1. The molecule has 1 N–H and O–H groups in total. The Morgan fingerprint density at radius 2 is 2.00 bits per heavy atom. The van der Waals surface area contributed by atoms with Crippen LogP contribution < -0.4 is 4.74 Å². The summed E-state index contributed by atoms with van der Waals surface area (Å²) in [6.45, 7) is -0.464. The molecule has 0 aliphatic carbocycles. The molecule has 1 aliphatic heterocycles. The molecule has 11 heteroatoms. The van der Waals surface area contributed by atoms with Crippen LogP contribution in [-0.2, 0) is 27.9 Å². The van der Waals surface area contributed by atoms with Crippen molar-refractivity contribution in [2.75, 3.05) is 13.7 Å². The van der Waals surface area contributed by atoms with Crippen LogP contribution in [0.5, 0.6) is 5.75 Å². The summed E-state index contributed by atoms with van der Waals surface area (Å²) in [5.74, 6) is -1.82. The van der Waals surface area contributed by atoms with Crippen LogP contribution in [0.25, 0.3) is 0 Å². The van der Waals surface area contributed by atoms with Crippen molar-refractivity contribution >= 4 is 15.9 Å². The summed E-state index contributed by atoms with van der Waals surface area (Å²) in [7, 11) is -2.42. The average Bonchev–Trinajstić information content (AvgIpc) is 3.35. The summed E-state index contributed by atoms with van der Waals surface area (Å²) in [6.07, 6.45) is 2.71. The molecule has 0 saturated carbocycles. The molecule has 1 aliphatic rings. The van der Waals surface area contributed by atoms with Gasteiger partial charge >= 0.3 is 0 Å². The first kappa shape index (κ1) is 20.9. The monoisotopic (exact) mass is 446 g/mol. The number of rotatable bonds is 6. The van der Waals surface area contributed by atoms with Gasteiger partial charge in [-0.25, -0.2) is 4.39 Å². The zero-order valence-corrected chi connectivity index (χ0v) is 17.3. The molecule has 4 rings (SSSR count). The molecule has 162 valence electrons. The van der Waals surface area contributed by atoms with Gasteiger partial charge in [0.2, 0.25) is 5.91 Å². The van der Waals surface area contributed by atoms with Gasteiger partial charge in [-0.15, -0.1) is 0 Å². The second kappa shape index (κ2) is 8.08. The van der Waals surface area contributed by atoms with E-state index >= 15 is 0 Å². The average molecular weight is 446 g/mol. The van der Waals surface area contributed by atoms with E-state index in [2.05, 4.69) is 10.1 Å². The standard InChI is InChI=1S/C20H19FN4O5S/c1-30-14-4-6-15(7-5-14)31(28,29)25-10-13-9-24(11-18(13)23-25)20(27)16(12-26)19-17(21)3-2-8-22-19/h2-8,10,16,26H,9,11-12H2,1H3/t16-/m1/s1. The zero-order valence-electron chi connectivity index (χ0n) is 16.5. The highest BCUT2D eigenvalue weighted by atomic mass is 32.2. The number of benzene rings is 1. The third-order valence-corrected chi connectivity index (χ3v) is 6.62. The van der Waals surface area contributed by atoms with E-state index in [0.29, 0.717) is 17.0 Å². The Morgan fingerprint density at radius 3 is 2.61 bits per heavy atom. The van der Waals surface area contributed by atoms with E-state index in [1.54, 1.807) is 0 Å². The van der Waals surface area contributed by atoms with E-state index in [4.69, 9.17) is 4.74 Å². The number of nitrogens with zero attached hydrogens (tertiary/aromatic N) is 4. The van der Waals surface area contributed by atoms with Gasteiger partial charge in [-0.05, 0) is 36.4 Å². The number of halogens is 1. The first-order valence-electron chi connectivity index (χ1n) is 9.32. The summed E-state index contributed by atoms with van der Waals surface area (Å²) in [5, 5.41) is 13.8. The molecule has 1 amide bonds. The molecular weight excluding hydrogens is 427 g/mol. The number of amides is 1. The van der Waals surface area contributed by atoms with Gasteiger partial charge in [-0.2, -0.15) is 17.6 Å². The molecule has 0 spiro atoms. The van der Waals surface area contributed by atoms with Crippen LogP contribution in [-0.4, -0.2) is 52.2 Å². The third-order valence-electron chi connectivity index (χ3n) is 5.07. The quantitative estimate of drug-likeness (QED) is 0.607. The van der Waals surface area contributed by atoms with Crippen molar-refractivity contribution in [2.24, 2.45) is 0 Å². The van der Waals surface area contributed by atoms with Crippen LogP contribution in [0.3, 0.4) is 0 Å². The number of ether oxygens (including phenoxy) is 1. The smallest absolute Gasteiger partial charge is 0.282 e. The lowest BCUT2D eigenvalue weighted by atomic mass is 10.0. The molecule has 1 atom stereocenters. The Balaban J connectivity index is 1.54. The number of carbonyl (C=O) groups excluding carboxylic acids is 1. The summed E-state index contributed by atoms with van der Waals surface area (Å²) in [6, 6.07) is 8.49. The van der Waals surface area contributed by atoms with Crippen molar-refractivity contribution in [3.8, 4) is 5.75 Å². The maximum absolute atomic E-state index is 14.0. The van der Waals surface area contributed by atoms with E-state index < -0.39 is 34.3 Å². The van der Waals surface area contributed by atoms with E-state index in [9.17, 15) is 22.7 Å². The Morgan fingerprint density at radius 1 is 1.26 bits per heavy atom. The lowest BCUT2D eigenvalue weighted by molar-refractivity contribution is -0.134. The maximum Gasteiger partial charge on any atom is 0.282 e. The molecule has 1 aromatic carbocycles. The topological polar surface area (TPSA) is 115 Å². The van der Waals surface area contributed by atoms with E-state index in [-0.39, 0.29) is 23.7 Å². The van der Waals surface area contributed by atoms with Crippen molar-refractivity contribution in [1.82, 2.24) is 19.1 Å². The summed E-state index contributed by atoms with van der Waals surface area (Å²) < 4.78 is 45.6. The van der Waals surface area contributed by atoms with Gasteiger partial charge in [0.25, 0.3) is 10.0 Å². The fourth-order valence-corrected chi connectivity index (χ4v) is 4.59. The lowest BCUT2D eigenvalue weighted by Gasteiger charge is -2.21. The van der Waals surface area contributed by atoms with E-state index in [1.807, 2.05) is 0 Å². The Labute approximate surface area is 177 Å². The van der Waals surface area contributed by atoms with Gasteiger partial charge < -0.3 is 14.7 Å². The highest BCUT2D eigenvalue weighted by Gasteiger charge is 2.34. The number of aliphatic hydroxyl groups is 1. The molecule has 3 heterocycles. The van der Waals surface area contributed by atoms with Gasteiger partial charge in [0.05, 0.1) is 36.5 Å². The van der Waals surface area contributed by atoms with Gasteiger partial charge in [0.15, 0.2) is 0 Å². The summed E-state index contributed by atoms with van der Waals surface area (Å²) in [4.78, 5) is 18.2. The van der Waals surface area contributed by atoms with Gasteiger partial charge in [0, 0.05) is 24.5 Å². The first-order chi connectivity index (χ1) is 14.8. The van der Waals surface area contributed by atoms with Crippen LogP contribution in [0.15, 0.2) is 53.7 Å². The number of aromatic nitrogens is 3. The lowest BCUT2D eigenvalue weighted by Crippen LogP contribution is -2.34. The molecule has 0 radical (unpaired) electrons. The normalized spacial score (nSPS) is 14.4. The third kappa shape index (κ3) is 3.77. The molecule has 0 fully saturated rings. The first-order valence-corrected chi connectivity index (χ1v) is 10.8. The minimum absolute atomic E-state index is 0.0459. The molecule has 2 aromatic heterocycles. The van der Waals surface area contributed by atoms with Crippen molar-refractivity contribution in [3.63, 3.8) is 0 Å². The van der Waals surface area contributed by atoms with Crippen LogP contribution in [0, 0.1) is 5.82 Å². The van der Waals surface area contributed by atoms with Gasteiger partial charge in [-0.1, -0.05) is 0 Å². The Hall–Kier alpha value is -3.31. The number of pyridine rings is 1. The number of carbonyl (C=O) groups is 1. The summed E-state index contributed by atoms with van der Waals surface area (Å²) >= 11 is 0. The van der Waals surface area contributed by atoms with Gasteiger partial charge in [0.1, 0.15) is 17.5 Å². The molecule has 0 bridgehead atoms. The van der Waals surface area contributed by atoms with Crippen molar-refractivity contribution < 1.29 is 27.4 Å². The minimum Gasteiger partial charge on any atom is -0.497 e. The molecule has 9 nitrogen and oxygen atoms in total. The van der Waals surface area contributed by atoms with Crippen LogP contribution in [0.1, 0.15) is 22.9 Å². The fraction of sp³-hybridized carbons (Fsp3) is 0.250. The Kier molecular flexibility index (Phi) is 5.46. The van der Waals surface area contributed by atoms with E-state index in [0.717, 1.165) is 4.09 Å². The molecule has 0 saturated heterocycles. The largest absolute Gasteiger partial charge is 0.497 e. The number of hydrogen-bond acceptors (Lipinski definition) is 7. The molecule has 31 heavy (non-hydrogen) atoms. The van der Waals surface area contributed by atoms with Crippen molar-refractivity contribution in [2.45, 2.75) is 23.9 Å². The maximum atomic E-state index is 14.0. The highest BCUT2D eigenvalue weighted by Crippen LogP contribution is 2.28. The van der Waals surface area contributed by atoms with Crippen LogP contribution >= 0.6 is 0 Å². The highest BCUT2D eigenvalue weighted by molar-refractivity contribution is 7.89. The van der Waals surface area contributed by atoms with Crippen molar-refractivity contribution in [3.05, 3.63) is 71.6 Å². The number of methoxy groups -OCH3 is 1. The molecule has 0 unspecified atom stereocenters. The second-order valence-electron chi connectivity index (χ2n) is 6.95. The number of fused-ring (bicyclic) bond motifs is 1. The zero-order chi connectivity index (χ0) is 22.2. The van der Waals surface area contributed by atoms with Gasteiger partial charge in [-0.3, -0.25) is 9.78 Å². The van der Waals surface area contributed by atoms with Crippen LogP contribution in [0.4, 0.5) is 4.39 Å². The fourth-order valence-electron chi connectivity index (χ4n) is 3.42. The predicted octanol–water partition coefficient (Wildman–Crippen LogP) is 1.28. The molecule has 3 aromatic rings. The second-order valence-corrected chi connectivity index (χ2v) is 8.75. The number of hydrogen-bond donors (Lipinski definition) is 1. The Bertz CT molecular complexity index is 1200. The minimum atomic E-state index is -3.90. The van der Waals surface area contributed by atoms with Crippen molar-refractivity contribution in [1.29, 1.82) is 0 Å². The molecular formula is C20H19FN4O5S. The summed E-state index contributed by atoms with van der Waals surface area (Å²) in [5.41, 5.74) is 0.846. The van der Waals surface area contributed by atoms with Crippen LogP contribution in [0.2, 0.25) is 0 Å². The number of aliphatic hydroxyl groups excluding tert-OH is 1.